The summed E-state index contributed by atoms with van der Waals surface area (Å²) in [4.78, 5) is 25.4. The van der Waals surface area contributed by atoms with Crippen LogP contribution in [0.2, 0.25) is 0 Å². The molecule has 1 aliphatic heterocycles. The number of sulfonamides is 1. The van der Waals surface area contributed by atoms with Gasteiger partial charge >= 0.3 is 0 Å². The van der Waals surface area contributed by atoms with Gasteiger partial charge in [0.1, 0.15) is 0 Å². The number of benzene rings is 1. The first-order chi connectivity index (χ1) is 16.3. The highest BCUT2D eigenvalue weighted by atomic mass is 32.2. The van der Waals surface area contributed by atoms with Gasteiger partial charge in [0.15, 0.2) is 0 Å². The first kappa shape index (κ1) is 21.9. The molecular weight excluding hydrogens is 457 g/mol. The van der Waals surface area contributed by atoms with Gasteiger partial charge in [-0.25, -0.2) is 18.4 Å². The minimum Gasteiger partial charge on any atom is -0.326 e. The molecule has 1 aliphatic rings. The zero-order valence-electron chi connectivity index (χ0n) is 18.2. The van der Waals surface area contributed by atoms with Crippen LogP contribution in [0.3, 0.4) is 0 Å². The van der Waals surface area contributed by atoms with Gasteiger partial charge in [0.05, 0.1) is 41.0 Å². The first-order valence-corrected chi connectivity index (χ1v) is 12.4. The second-order valence-electron chi connectivity index (χ2n) is 8.06. The Balaban J connectivity index is 1.35. The highest BCUT2D eigenvalue weighted by Gasteiger charge is 2.26. The number of pyridine rings is 3. The molecule has 0 unspecified atom stereocenters. The highest BCUT2D eigenvalue weighted by Crippen LogP contribution is 2.32. The van der Waals surface area contributed by atoms with Crippen molar-refractivity contribution in [3.63, 3.8) is 0 Å². The predicted octanol–water partition coefficient (Wildman–Crippen LogP) is 3.33. The van der Waals surface area contributed by atoms with Crippen molar-refractivity contribution in [2.75, 3.05) is 22.4 Å². The van der Waals surface area contributed by atoms with Crippen molar-refractivity contribution >= 4 is 38.2 Å². The number of rotatable bonds is 5. The Kier molecular flexibility index (Phi) is 5.45. The number of nitrogens with one attached hydrogen (secondary N) is 1. The van der Waals surface area contributed by atoms with Gasteiger partial charge in [-0.15, -0.1) is 0 Å². The minimum atomic E-state index is -3.38. The van der Waals surface area contributed by atoms with Crippen LogP contribution in [0.4, 0.5) is 15.8 Å². The van der Waals surface area contributed by atoms with E-state index in [9.17, 15) is 17.6 Å². The fourth-order valence-corrected chi connectivity index (χ4v) is 4.94. The van der Waals surface area contributed by atoms with Crippen LogP contribution in [0.5, 0.6) is 0 Å². The van der Waals surface area contributed by atoms with Gasteiger partial charge in [0.2, 0.25) is 21.9 Å². The van der Waals surface area contributed by atoms with Crippen LogP contribution in [0.1, 0.15) is 11.3 Å². The molecule has 3 aromatic heterocycles. The molecule has 10 heteroatoms. The Bertz CT molecular complexity index is 1540. The molecule has 0 atom stereocenters. The van der Waals surface area contributed by atoms with E-state index in [1.54, 1.807) is 42.6 Å². The molecule has 0 saturated carbocycles. The number of hydrogen-bond acceptors (Lipinski definition) is 6. The lowest BCUT2D eigenvalue weighted by atomic mass is 10.1. The van der Waals surface area contributed by atoms with E-state index < -0.39 is 16.0 Å². The quantitative estimate of drug-likeness (QED) is 0.442. The first-order valence-electron chi connectivity index (χ1n) is 10.6. The third kappa shape index (κ3) is 4.44. The van der Waals surface area contributed by atoms with Crippen molar-refractivity contribution in [2.24, 2.45) is 0 Å². The van der Waals surface area contributed by atoms with Gasteiger partial charge in [-0.3, -0.25) is 14.1 Å². The molecule has 0 saturated heterocycles. The van der Waals surface area contributed by atoms with Gasteiger partial charge in [0, 0.05) is 23.8 Å². The molecular formula is C24H20FN5O3S. The van der Waals surface area contributed by atoms with E-state index in [-0.39, 0.29) is 12.3 Å². The lowest BCUT2D eigenvalue weighted by molar-refractivity contribution is -0.115. The number of carbonyl (C=O) groups excluding carboxylic acids is 1. The largest absolute Gasteiger partial charge is 0.326 e. The molecule has 4 aromatic rings. The van der Waals surface area contributed by atoms with Gasteiger partial charge in [-0.05, 0) is 54.4 Å². The van der Waals surface area contributed by atoms with E-state index in [1.165, 1.54) is 16.6 Å². The molecule has 0 aliphatic carbocycles. The molecule has 34 heavy (non-hydrogen) atoms. The van der Waals surface area contributed by atoms with Crippen LogP contribution < -0.4 is 9.62 Å². The van der Waals surface area contributed by atoms with Crippen molar-refractivity contribution in [1.29, 1.82) is 0 Å². The maximum atomic E-state index is 13.5. The fourth-order valence-electron chi connectivity index (χ4n) is 3.99. The second-order valence-corrected chi connectivity index (χ2v) is 9.97. The summed E-state index contributed by atoms with van der Waals surface area (Å²) in [5, 5.41) is 3.59. The standard InChI is InChI=1S/C24H20FN5O3S/c1-34(32,33)30-10-9-15-5-7-17(12-22(15)30)27-24(31)13-18-11-21-16(14-26-18)6-8-20(28-21)19-3-2-4-23(25)29-19/h2-8,11-12,14H,9-10,13H2,1H3,(H,27,31). The van der Waals surface area contributed by atoms with Gasteiger partial charge in [-0.1, -0.05) is 12.1 Å². The molecule has 4 heterocycles. The monoisotopic (exact) mass is 477 g/mol. The Morgan fingerprint density at radius 1 is 1.09 bits per heavy atom. The fraction of sp³-hybridized carbons (Fsp3) is 0.167. The number of fused-ring (bicyclic) bond motifs is 2. The highest BCUT2D eigenvalue weighted by molar-refractivity contribution is 7.92. The van der Waals surface area contributed by atoms with Gasteiger partial charge < -0.3 is 5.32 Å². The molecule has 1 N–H and O–H groups in total. The molecule has 1 aromatic carbocycles. The predicted molar refractivity (Wildman–Crippen MR) is 127 cm³/mol. The molecule has 1 amide bonds. The zero-order chi connectivity index (χ0) is 23.9. The third-order valence-corrected chi connectivity index (χ3v) is 6.75. The number of aromatic nitrogens is 3. The van der Waals surface area contributed by atoms with Crippen molar-refractivity contribution in [1.82, 2.24) is 15.0 Å². The number of anilines is 2. The van der Waals surface area contributed by atoms with E-state index in [2.05, 4.69) is 20.3 Å². The van der Waals surface area contributed by atoms with E-state index >= 15 is 0 Å². The number of nitrogens with zero attached hydrogens (tertiary/aromatic N) is 4. The lowest BCUT2D eigenvalue weighted by Gasteiger charge is -2.17. The van der Waals surface area contributed by atoms with E-state index in [0.717, 1.165) is 10.9 Å². The Hall–Kier alpha value is -3.92. The Labute approximate surface area is 195 Å². The van der Waals surface area contributed by atoms with Crippen LogP contribution in [0.25, 0.3) is 22.3 Å². The zero-order valence-corrected chi connectivity index (χ0v) is 19.0. The summed E-state index contributed by atoms with van der Waals surface area (Å²) in [6, 6.07) is 15.1. The van der Waals surface area contributed by atoms with Crippen LogP contribution in [0.15, 0.2) is 60.8 Å². The van der Waals surface area contributed by atoms with Crippen LogP contribution >= 0.6 is 0 Å². The molecule has 172 valence electrons. The number of hydrogen-bond donors (Lipinski definition) is 1. The van der Waals surface area contributed by atoms with Crippen molar-refractivity contribution in [3.05, 3.63) is 78.0 Å². The second kappa shape index (κ2) is 8.45. The average Bonchev–Trinajstić information content (AvgIpc) is 3.22. The topological polar surface area (TPSA) is 105 Å². The lowest BCUT2D eigenvalue weighted by Crippen LogP contribution is -2.27. The summed E-state index contributed by atoms with van der Waals surface area (Å²) in [5.41, 5.74) is 4.09. The minimum absolute atomic E-state index is 0.00688. The van der Waals surface area contributed by atoms with E-state index in [1.807, 2.05) is 12.1 Å². The Morgan fingerprint density at radius 3 is 2.71 bits per heavy atom. The molecule has 0 spiro atoms. The maximum absolute atomic E-state index is 13.5. The summed E-state index contributed by atoms with van der Waals surface area (Å²) in [6.07, 6.45) is 3.44. The summed E-state index contributed by atoms with van der Waals surface area (Å²) >= 11 is 0. The van der Waals surface area contributed by atoms with Crippen LogP contribution in [0, 0.1) is 5.95 Å². The normalized spacial score (nSPS) is 13.2. The Morgan fingerprint density at radius 2 is 1.91 bits per heavy atom. The van der Waals surface area contributed by atoms with Crippen molar-refractivity contribution in [2.45, 2.75) is 12.8 Å². The van der Waals surface area contributed by atoms with Crippen molar-refractivity contribution in [3.8, 4) is 11.4 Å². The summed E-state index contributed by atoms with van der Waals surface area (Å²) < 4.78 is 38.8. The number of halogens is 1. The van der Waals surface area contributed by atoms with Crippen LogP contribution in [-0.4, -0.2) is 42.1 Å². The molecule has 0 radical (unpaired) electrons. The SMILES string of the molecule is CS(=O)(=O)N1CCc2ccc(NC(=O)Cc3cc4nc(-c5cccc(F)n5)ccc4cn3)cc21. The van der Waals surface area contributed by atoms with Gasteiger partial charge in [-0.2, -0.15) is 4.39 Å². The average molecular weight is 478 g/mol. The molecule has 0 bridgehead atoms. The van der Waals surface area contributed by atoms with E-state index in [4.69, 9.17) is 0 Å². The number of carbonyl (C=O) groups is 1. The smallest absolute Gasteiger partial charge is 0.232 e. The molecule has 8 nitrogen and oxygen atoms in total. The van der Waals surface area contributed by atoms with Crippen molar-refractivity contribution < 1.29 is 17.6 Å². The maximum Gasteiger partial charge on any atom is 0.232 e. The third-order valence-electron chi connectivity index (χ3n) is 5.57. The summed E-state index contributed by atoms with van der Waals surface area (Å²) in [5.74, 6) is -0.878. The molecule has 0 fully saturated rings. The van der Waals surface area contributed by atoms with E-state index in [0.29, 0.717) is 46.9 Å². The summed E-state index contributed by atoms with van der Waals surface area (Å²) in [7, 11) is -3.38. The summed E-state index contributed by atoms with van der Waals surface area (Å²) in [6.45, 7) is 0.396. The van der Waals surface area contributed by atoms with Crippen LogP contribution in [-0.2, 0) is 27.7 Å². The van der Waals surface area contributed by atoms with Gasteiger partial charge in [0.25, 0.3) is 0 Å². The number of amides is 1. The molecule has 5 rings (SSSR count).